The molecule has 2 aliphatic rings. The van der Waals surface area contributed by atoms with Crippen molar-refractivity contribution in [2.75, 3.05) is 36.4 Å². The van der Waals surface area contributed by atoms with Crippen molar-refractivity contribution in [2.45, 2.75) is 38.6 Å². The maximum atomic E-state index is 13.5. The Morgan fingerprint density at radius 1 is 1.03 bits per heavy atom. The zero-order chi connectivity index (χ0) is 24.9. The van der Waals surface area contributed by atoms with Gasteiger partial charge in [0, 0.05) is 12.2 Å². The van der Waals surface area contributed by atoms with Crippen LogP contribution in [0.2, 0.25) is 0 Å². The van der Waals surface area contributed by atoms with Crippen LogP contribution in [-0.2, 0) is 9.59 Å². The van der Waals surface area contributed by atoms with Gasteiger partial charge in [-0.25, -0.2) is 8.78 Å². The second kappa shape index (κ2) is 11.2. The van der Waals surface area contributed by atoms with Crippen molar-refractivity contribution in [1.82, 2.24) is 9.80 Å². The quantitative estimate of drug-likeness (QED) is 0.544. The fourth-order valence-electron chi connectivity index (χ4n) is 4.78. The minimum Gasteiger partial charge on any atom is -0.336 e. The van der Waals surface area contributed by atoms with Crippen LogP contribution in [0.4, 0.5) is 20.2 Å². The number of piperidine rings is 1. The minimum atomic E-state index is -0.762. The lowest BCUT2D eigenvalue weighted by molar-refractivity contribution is -0.124. The minimum absolute atomic E-state index is 0.0945. The molecule has 1 atom stereocenters. The molecule has 2 saturated heterocycles. The Bertz CT molecular complexity index is 1060. The molecular formula is C26H30F2N4O2S. The summed E-state index contributed by atoms with van der Waals surface area (Å²) >= 11 is 5.71. The van der Waals surface area contributed by atoms with Crippen LogP contribution in [0, 0.1) is 17.6 Å². The average Bonchev–Trinajstić information content (AvgIpc) is 3.06. The SMILES string of the molecule is CCCN1CCC(CN2C(=S)N(c3ccc(F)cc3)C(=O)C2CC(=O)Nc2ccc(F)cc2)CC1. The van der Waals surface area contributed by atoms with Crippen molar-refractivity contribution in [1.29, 1.82) is 0 Å². The number of likely N-dealkylation sites (tertiary alicyclic amines) is 1. The lowest BCUT2D eigenvalue weighted by Gasteiger charge is -2.35. The molecule has 35 heavy (non-hydrogen) atoms. The Labute approximate surface area is 209 Å². The molecule has 2 amide bonds. The van der Waals surface area contributed by atoms with Crippen LogP contribution in [0.5, 0.6) is 0 Å². The third-order valence-corrected chi connectivity index (χ3v) is 7.03. The summed E-state index contributed by atoms with van der Waals surface area (Å²) in [5.74, 6) is -1.12. The van der Waals surface area contributed by atoms with Gasteiger partial charge < -0.3 is 15.1 Å². The maximum absolute atomic E-state index is 13.5. The number of hydrogen-bond acceptors (Lipinski definition) is 4. The molecule has 0 radical (unpaired) electrons. The first kappa shape index (κ1) is 25.2. The third-order valence-electron chi connectivity index (χ3n) is 6.61. The van der Waals surface area contributed by atoms with E-state index in [1.165, 1.54) is 53.4 Å². The van der Waals surface area contributed by atoms with Crippen LogP contribution in [0.1, 0.15) is 32.6 Å². The van der Waals surface area contributed by atoms with Gasteiger partial charge >= 0.3 is 0 Å². The van der Waals surface area contributed by atoms with Gasteiger partial charge in [0.05, 0.1) is 12.1 Å². The van der Waals surface area contributed by atoms with Gasteiger partial charge in [0.15, 0.2) is 5.11 Å². The topological polar surface area (TPSA) is 55.9 Å². The smallest absolute Gasteiger partial charge is 0.256 e. The van der Waals surface area contributed by atoms with E-state index in [0.717, 1.165) is 38.9 Å². The first-order valence-electron chi connectivity index (χ1n) is 12.0. The van der Waals surface area contributed by atoms with Crippen LogP contribution in [0.25, 0.3) is 0 Å². The van der Waals surface area contributed by atoms with Gasteiger partial charge in [0.1, 0.15) is 17.7 Å². The Balaban J connectivity index is 1.51. The molecule has 2 aliphatic heterocycles. The number of anilines is 2. The second-order valence-corrected chi connectivity index (χ2v) is 9.51. The molecule has 186 valence electrons. The molecule has 4 rings (SSSR count). The molecule has 1 unspecified atom stereocenters. The Kier molecular flexibility index (Phi) is 8.07. The van der Waals surface area contributed by atoms with Crippen molar-refractivity contribution in [2.24, 2.45) is 5.92 Å². The fourth-order valence-corrected chi connectivity index (χ4v) is 5.17. The second-order valence-electron chi connectivity index (χ2n) is 9.15. The molecule has 2 heterocycles. The van der Waals surface area contributed by atoms with E-state index in [4.69, 9.17) is 12.2 Å². The summed E-state index contributed by atoms with van der Waals surface area (Å²) in [7, 11) is 0. The number of carbonyl (C=O) groups excluding carboxylic acids is 2. The first-order chi connectivity index (χ1) is 16.9. The van der Waals surface area contributed by atoms with Gasteiger partial charge in [0.25, 0.3) is 5.91 Å². The van der Waals surface area contributed by atoms with Gasteiger partial charge in [-0.2, -0.15) is 0 Å². The number of hydrogen-bond donors (Lipinski definition) is 1. The van der Waals surface area contributed by atoms with Crippen molar-refractivity contribution >= 4 is 40.5 Å². The van der Waals surface area contributed by atoms with E-state index >= 15 is 0 Å². The number of halogens is 2. The van der Waals surface area contributed by atoms with E-state index in [9.17, 15) is 18.4 Å². The van der Waals surface area contributed by atoms with Gasteiger partial charge in [-0.3, -0.25) is 14.5 Å². The largest absolute Gasteiger partial charge is 0.336 e. The van der Waals surface area contributed by atoms with E-state index in [1.807, 2.05) is 4.90 Å². The lowest BCUT2D eigenvalue weighted by atomic mass is 9.95. The van der Waals surface area contributed by atoms with Crippen molar-refractivity contribution in [3.8, 4) is 0 Å². The van der Waals surface area contributed by atoms with Gasteiger partial charge in [-0.15, -0.1) is 0 Å². The van der Waals surface area contributed by atoms with E-state index in [0.29, 0.717) is 28.9 Å². The highest BCUT2D eigenvalue weighted by Crippen LogP contribution is 2.30. The molecule has 2 aromatic carbocycles. The summed E-state index contributed by atoms with van der Waals surface area (Å²) in [6.45, 7) is 5.84. The summed E-state index contributed by atoms with van der Waals surface area (Å²) in [5, 5.41) is 3.07. The van der Waals surface area contributed by atoms with E-state index < -0.39 is 17.7 Å². The Morgan fingerprint density at radius 3 is 2.23 bits per heavy atom. The molecule has 0 aliphatic carbocycles. The summed E-state index contributed by atoms with van der Waals surface area (Å²) in [4.78, 5) is 32.0. The molecule has 0 bridgehead atoms. The highest BCUT2D eigenvalue weighted by atomic mass is 32.1. The zero-order valence-corrected chi connectivity index (χ0v) is 20.6. The summed E-state index contributed by atoms with van der Waals surface area (Å²) in [6, 6.07) is 10.3. The van der Waals surface area contributed by atoms with Crippen LogP contribution >= 0.6 is 12.2 Å². The molecule has 6 nitrogen and oxygen atoms in total. The Hall–Kier alpha value is -2.91. The lowest BCUT2D eigenvalue weighted by Crippen LogP contribution is -2.44. The third kappa shape index (κ3) is 6.02. The molecule has 2 aromatic rings. The Morgan fingerprint density at radius 2 is 1.63 bits per heavy atom. The number of amides is 2. The molecular weight excluding hydrogens is 470 g/mol. The van der Waals surface area contributed by atoms with E-state index in [-0.39, 0.29) is 18.2 Å². The summed E-state index contributed by atoms with van der Waals surface area (Å²) in [5.41, 5.74) is 0.931. The number of rotatable bonds is 8. The fraction of sp³-hybridized carbons (Fsp3) is 0.423. The molecule has 1 N–H and O–H groups in total. The van der Waals surface area contributed by atoms with E-state index in [1.54, 1.807) is 0 Å². The highest BCUT2D eigenvalue weighted by molar-refractivity contribution is 7.80. The first-order valence-corrected chi connectivity index (χ1v) is 12.4. The number of carbonyl (C=O) groups is 2. The van der Waals surface area contributed by atoms with Crippen LogP contribution in [0.15, 0.2) is 48.5 Å². The van der Waals surface area contributed by atoms with Crippen LogP contribution in [0.3, 0.4) is 0 Å². The normalized spacial score (nSPS) is 19.5. The van der Waals surface area contributed by atoms with Gasteiger partial charge in [-0.05, 0) is 106 Å². The highest BCUT2D eigenvalue weighted by Gasteiger charge is 2.45. The molecule has 0 saturated carbocycles. The maximum Gasteiger partial charge on any atom is 0.256 e. The molecule has 0 spiro atoms. The number of nitrogens with one attached hydrogen (secondary N) is 1. The van der Waals surface area contributed by atoms with Gasteiger partial charge in [-0.1, -0.05) is 6.92 Å². The van der Waals surface area contributed by atoms with Crippen molar-refractivity contribution in [3.63, 3.8) is 0 Å². The van der Waals surface area contributed by atoms with Crippen LogP contribution in [-0.4, -0.2) is 58.9 Å². The standard InChI is InChI=1S/C26H30F2N4O2S/c1-2-13-30-14-11-18(12-15-30)17-31-23(16-24(33)29-21-7-3-19(27)4-8-21)25(34)32(26(31)35)22-9-5-20(28)6-10-22/h3-10,18,23H,2,11-17H2,1H3,(H,29,33). The number of benzene rings is 2. The predicted octanol–water partition coefficient (Wildman–Crippen LogP) is 4.42. The summed E-state index contributed by atoms with van der Waals surface area (Å²) in [6.07, 6.45) is 3.02. The summed E-state index contributed by atoms with van der Waals surface area (Å²) < 4.78 is 26.7. The molecule has 9 heteroatoms. The van der Waals surface area contributed by atoms with E-state index in [2.05, 4.69) is 17.1 Å². The zero-order valence-electron chi connectivity index (χ0n) is 19.8. The number of nitrogens with zero attached hydrogens (tertiary/aromatic N) is 3. The number of thiocarbonyl (C=S) groups is 1. The van der Waals surface area contributed by atoms with Gasteiger partial charge in [0.2, 0.25) is 5.91 Å². The predicted molar refractivity (Wildman–Crippen MR) is 136 cm³/mol. The molecule has 0 aromatic heterocycles. The van der Waals surface area contributed by atoms with Crippen molar-refractivity contribution < 1.29 is 18.4 Å². The van der Waals surface area contributed by atoms with Crippen molar-refractivity contribution in [3.05, 3.63) is 60.2 Å². The monoisotopic (exact) mass is 500 g/mol. The molecule has 2 fully saturated rings. The van der Waals surface area contributed by atoms with Crippen LogP contribution < -0.4 is 10.2 Å². The average molecular weight is 501 g/mol.